The van der Waals surface area contributed by atoms with E-state index in [4.69, 9.17) is 16.3 Å². The van der Waals surface area contributed by atoms with Gasteiger partial charge in [-0.1, -0.05) is 11.6 Å². The van der Waals surface area contributed by atoms with Crippen LogP contribution in [0, 0.1) is 0 Å². The summed E-state index contributed by atoms with van der Waals surface area (Å²) >= 11 is 5.93. The predicted octanol–water partition coefficient (Wildman–Crippen LogP) is 3.47. The molecule has 1 aromatic carbocycles. The van der Waals surface area contributed by atoms with E-state index in [2.05, 4.69) is 0 Å². The van der Waals surface area contributed by atoms with Gasteiger partial charge in [-0.25, -0.2) is 0 Å². The predicted molar refractivity (Wildman–Crippen MR) is 62.9 cm³/mol. The summed E-state index contributed by atoms with van der Waals surface area (Å²) in [5.41, 5.74) is 0.727. The molecule has 1 aliphatic carbocycles. The van der Waals surface area contributed by atoms with E-state index in [0.717, 1.165) is 24.2 Å². The molecule has 1 aliphatic heterocycles. The Kier molecular flexibility index (Phi) is 2.37. The topological polar surface area (TPSA) is 29.5 Å². The maximum absolute atomic E-state index is 10.2. The lowest BCUT2D eigenvalue weighted by atomic mass is 9.87. The van der Waals surface area contributed by atoms with Gasteiger partial charge in [0, 0.05) is 17.0 Å². The highest BCUT2D eigenvalue weighted by molar-refractivity contribution is 6.30. The molecule has 0 bridgehead atoms. The fraction of sp³-hybridized carbons (Fsp3) is 0.538. The van der Waals surface area contributed by atoms with E-state index in [1.807, 2.05) is 18.2 Å². The fourth-order valence-corrected chi connectivity index (χ4v) is 3.12. The molecule has 0 aromatic heterocycles. The molecule has 3 rings (SSSR count). The Balaban J connectivity index is 1.99. The van der Waals surface area contributed by atoms with Gasteiger partial charge in [0.05, 0.1) is 6.10 Å². The minimum atomic E-state index is -0.430. The summed E-state index contributed by atoms with van der Waals surface area (Å²) < 4.78 is 6.09. The van der Waals surface area contributed by atoms with Gasteiger partial charge < -0.3 is 9.84 Å². The van der Waals surface area contributed by atoms with E-state index < -0.39 is 6.10 Å². The summed E-state index contributed by atoms with van der Waals surface area (Å²) in [4.78, 5) is 0. The molecule has 16 heavy (non-hydrogen) atoms. The van der Waals surface area contributed by atoms with Crippen LogP contribution >= 0.6 is 11.6 Å². The molecule has 1 atom stereocenters. The van der Waals surface area contributed by atoms with Crippen LogP contribution in [0.4, 0.5) is 0 Å². The zero-order chi connectivity index (χ0) is 11.2. The lowest BCUT2D eigenvalue weighted by Gasteiger charge is -2.38. The SMILES string of the molecule is OC1CC2(CCCC2)Oc2ccc(Cl)cc21. The van der Waals surface area contributed by atoms with Gasteiger partial charge in [0.25, 0.3) is 0 Å². The highest BCUT2D eigenvalue weighted by atomic mass is 35.5. The molecule has 1 heterocycles. The van der Waals surface area contributed by atoms with Crippen LogP contribution in [0.5, 0.6) is 5.75 Å². The lowest BCUT2D eigenvalue weighted by molar-refractivity contribution is -0.00936. The van der Waals surface area contributed by atoms with Crippen LogP contribution in [0.25, 0.3) is 0 Å². The highest BCUT2D eigenvalue weighted by Gasteiger charge is 2.42. The standard InChI is InChI=1S/C13H15ClO2/c14-9-3-4-12-10(7-9)11(15)8-13(16-12)5-1-2-6-13/h3-4,7,11,15H,1-2,5-6,8H2. The van der Waals surface area contributed by atoms with Gasteiger partial charge in [0.15, 0.2) is 0 Å². The summed E-state index contributed by atoms with van der Waals surface area (Å²) in [6.45, 7) is 0. The molecule has 0 amide bonds. The van der Waals surface area contributed by atoms with Crippen LogP contribution in [0.3, 0.4) is 0 Å². The van der Waals surface area contributed by atoms with Crippen molar-refractivity contribution in [3.8, 4) is 5.75 Å². The minimum absolute atomic E-state index is 0.111. The molecular weight excluding hydrogens is 224 g/mol. The Morgan fingerprint density at radius 3 is 2.81 bits per heavy atom. The second kappa shape index (κ2) is 3.64. The van der Waals surface area contributed by atoms with E-state index in [1.165, 1.54) is 12.8 Å². The summed E-state index contributed by atoms with van der Waals surface area (Å²) in [5, 5.41) is 10.8. The van der Waals surface area contributed by atoms with Crippen molar-refractivity contribution in [2.75, 3.05) is 0 Å². The van der Waals surface area contributed by atoms with Gasteiger partial charge in [-0.3, -0.25) is 0 Å². The van der Waals surface area contributed by atoms with Crippen molar-refractivity contribution in [1.29, 1.82) is 0 Å². The lowest BCUT2D eigenvalue weighted by Crippen LogP contribution is -2.38. The van der Waals surface area contributed by atoms with Crippen LogP contribution in [-0.4, -0.2) is 10.7 Å². The molecule has 3 heteroatoms. The smallest absolute Gasteiger partial charge is 0.126 e. The van der Waals surface area contributed by atoms with Crippen LogP contribution in [0.2, 0.25) is 5.02 Å². The molecule has 1 aromatic rings. The normalized spacial score (nSPS) is 26.5. The molecule has 1 saturated carbocycles. The zero-order valence-corrected chi connectivity index (χ0v) is 9.83. The first-order valence-electron chi connectivity index (χ1n) is 5.85. The minimum Gasteiger partial charge on any atom is -0.487 e. The van der Waals surface area contributed by atoms with Gasteiger partial charge in [0.1, 0.15) is 11.4 Å². The number of benzene rings is 1. The van der Waals surface area contributed by atoms with E-state index in [9.17, 15) is 5.11 Å². The number of ether oxygens (including phenoxy) is 1. The molecule has 0 radical (unpaired) electrons. The first-order valence-corrected chi connectivity index (χ1v) is 6.23. The monoisotopic (exact) mass is 238 g/mol. The van der Waals surface area contributed by atoms with Crippen molar-refractivity contribution in [2.45, 2.75) is 43.8 Å². The van der Waals surface area contributed by atoms with Crippen LogP contribution in [0.1, 0.15) is 43.8 Å². The molecule has 1 N–H and O–H groups in total. The van der Waals surface area contributed by atoms with Gasteiger partial charge in [0.2, 0.25) is 0 Å². The van der Waals surface area contributed by atoms with Crippen molar-refractivity contribution < 1.29 is 9.84 Å². The summed E-state index contributed by atoms with van der Waals surface area (Å²) in [6, 6.07) is 5.50. The zero-order valence-electron chi connectivity index (χ0n) is 9.08. The third-order valence-electron chi connectivity index (χ3n) is 3.74. The molecule has 1 fully saturated rings. The Morgan fingerprint density at radius 2 is 2.06 bits per heavy atom. The average molecular weight is 239 g/mol. The molecule has 0 saturated heterocycles. The Bertz CT molecular complexity index is 410. The molecule has 1 unspecified atom stereocenters. The third kappa shape index (κ3) is 1.61. The largest absolute Gasteiger partial charge is 0.487 e. The second-order valence-corrected chi connectivity index (χ2v) is 5.33. The summed E-state index contributed by atoms with van der Waals surface area (Å²) in [5.74, 6) is 0.810. The number of hydrogen-bond donors (Lipinski definition) is 1. The molecular formula is C13H15ClO2. The van der Waals surface area contributed by atoms with Crippen LogP contribution < -0.4 is 4.74 Å². The number of halogens is 1. The number of rotatable bonds is 0. The number of hydrogen-bond acceptors (Lipinski definition) is 2. The van der Waals surface area contributed by atoms with Crippen molar-refractivity contribution in [1.82, 2.24) is 0 Å². The van der Waals surface area contributed by atoms with E-state index in [-0.39, 0.29) is 5.60 Å². The highest BCUT2D eigenvalue weighted by Crippen LogP contribution is 2.47. The summed E-state index contributed by atoms with van der Waals surface area (Å²) in [7, 11) is 0. The van der Waals surface area contributed by atoms with Gasteiger partial charge in [-0.15, -0.1) is 0 Å². The Hall–Kier alpha value is -0.730. The first kappa shape index (κ1) is 10.4. The number of aliphatic hydroxyl groups excluding tert-OH is 1. The number of aliphatic hydroxyl groups is 1. The van der Waals surface area contributed by atoms with E-state index in [0.29, 0.717) is 11.4 Å². The van der Waals surface area contributed by atoms with E-state index >= 15 is 0 Å². The molecule has 1 spiro atoms. The van der Waals surface area contributed by atoms with Crippen LogP contribution in [-0.2, 0) is 0 Å². The van der Waals surface area contributed by atoms with Crippen LogP contribution in [0.15, 0.2) is 18.2 Å². The fourth-order valence-electron chi connectivity index (χ4n) is 2.94. The molecule has 2 aliphatic rings. The van der Waals surface area contributed by atoms with Crippen molar-refractivity contribution >= 4 is 11.6 Å². The molecule has 2 nitrogen and oxygen atoms in total. The maximum Gasteiger partial charge on any atom is 0.126 e. The summed E-state index contributed by atoms with van der Waals surface area (Å²) in [6.07, 6.45) is 4.81. The maximum atomic E-state index is 10.2. The quantitative estimate of drug-likeness (QED) is 0.750. The van der Waals surface area contributed by atoms with Gasteiger partial charge in [-0.05, 0) is 43.9 Å². The Labute approximate surface area is 100 Å². The van der Waals surface area contributed by atoms with Gasteiger partial charge >= 0.3 is 0 Å². The van der Waals surface area contributed by atoms with Crippen molar-refractivity contribution in [3.05, 3.63) is 28.8 Å². The van der Waals surface area contributed by atoms with Crippen molar-refractivity contribution in [2.24, 2.45) is 0 Å². The molecule has 86 valence electrons. The Morgan fingerprint density at radius 1 is 1.31 bits per heavy atom. The van der Waals surface area contributed by atoms with Crippen molar-refractivity contribution in [3.63, 3.8) is 0 Å². The van der Waals surface area contributed by atoms with Gasteiger partial charge in [-0.2, -0.15) is 0 Å². The second-order valence-electron chi connectivity index (χ2n) is 4.89. The van der Waals surface area contributed by atoms with E-state index in [1.54, 1.807) is 0 Å². The third-order valence-corrected chi connectivity index (χ3v) is 3.97. The number of fused-ring (bicyclic) bond motifs is 1. The first-order chi connectivity index (χ1) is 7.69. The average Bonchev–Trinajstić information content (AvgIpc) is 2.68.